The molecular weight excluding hydrogens is 110 g/mol. The average molecular weight is 125 g/mol. The summed E-state index contributed by atoms with van der Waals surface area (Å²) < 4.78 is 0. The lowest BCUT2D eigenvalue weighted by Crippen LogP contribution is -2.20. The van der Waals surface area contributed by atoms with Crippen LogP contribution < -0.4 is 5.73 Å². The van der Waals surface area contributed by atoms with E-state index in [2.05, 4.69) is 13.5 Å². The SMILES string of the molecule is C=C(C)CCC1(N)CC1. The molecule has 0 radical (unpaired) electrons. The summed E-state index contributed by atoms with van der Waals surface area (Å²) in [7, 11) is 0. The Hall–Kier alpha value is -0.300. The van der Waals surface area contributed by atoms with Crippen LogP contribution in [0.2, 0.25) is 0 Å². The van der Waals surface area contributed by atoms with Crippen LogP contribution in [0.25, 0.3) is 0 Å². The third kappa shape index (κ3) is 2.19. The number of hydrogen-bond donors (Lipinski definition) is 1. The Labute approximate surface area is 56.9 Å². The average Bonchev–Trinajstić information content (AvgIpc) is 2.45. The molecule has 0 atom stereocenters. The second-order valence-electron chi connectivity index (χ2n) is 3.32. The zero-order valence-electron chi connectivity index (χ0n) is 6.11. The van der Waals surface area contributed by atoms with Crippen LogP contribution >= 0.6 is 0 Å². The van der Waals surface area contributed by atoms with E-state index in [4.69, 9.17) is 5.73 Å². The Morgan fingerprint density at radius 3 is 2.56 bits per heavy atom. The van der Waals surface area contributed by atoms with Crippen molar-refractivity contribution in [3.8, 4) is 0 Å². The molecule has 1 aliphatic rings. The first-order valence-electron chi connectivity index (χ1n) is 3.56. The molecule has 2 N–H and O–H groups in total. The van der Waals surface area contributed by atoms with E-state index >= 15 is 0 Å². The van der Waals surface area contributed by atoms with Crippen LogP contribution in [0.5, 0.6) is 0 Å². The first-order valence-corrected chi connectivity index (χ1v) is 3.56. The van der Waals surface area contributed by atoms with Crippen molar-refractivity contribution in [2.45, 2.75) is 38.1 Å². The monoisotopic (exact) mass is 125 g/mol. The molecule has 0 unspecified atom stereocenters. The first kappa shape index (κ1) is 6.81. The van der Waals surface area contributed by atoms with Gasteiger partial charge in [0.15, 0.2) is 0 Å². The molecule has 0 aromatic carbocycles. The van der Waals surface area contributed by atoms with Crippen molar-refractivity contribution in [1.29, 1.82) is 0 Å². The molecule has 52 valence electrons. The summed E-state index contributed by atoms with van der Waals surface area (Å²) in [5.74, 6) is 0. The Morgan fingerprint density at radius 2 is 2.22 bits per heavy atom. The van der Waals surface area contributed by atoms with Crippen LogP contribution in [0, 0.1) is 0 Å². The fourth-order valence-electron chi connectivity index (χ4n) is 0.873. The molecular formula is C8H15N. The van der Waals surface area contributed by atoms with Gasteiger partial charge < -0.3 is 5.73 Å². The summed E-state index contributed by atoms with van der Waals surface area (Å²) in [6.45, 7) is 5.89. The van der Waals surface area contributed by atoms with Gasteiger partial charge in [0.05, 0.1) is 0 Å². The van der Waals surface area contributed by atoms with Gasteiger partial charge in [-0.05, 0) is 32.6 Å². The van der Waals surface area contributed by atoms with Crippen LogP contribution in [0.3, 0.4) is 0 Å². The summed E-state index contributed by atoms with van der Waals surface area (Å²) in [6.07, 6.45) is 4.69. The van der Waals surface area contributed by atoms with Crippen LogP contribution in [-0.2, 0) is 0 Å². The van der Waals surface area contributed by atoms with Crippen molar-refractivity contribution in [2.24, 2.45) is 5.73 Å². The molecule has 0 saturated heterocycles. The third-order valence-electron chi connectivity index (χ3n) is 1.94. The van der Waals surface area contributed by atoms with E-state index in [1.54, 1.807) is 0 Å². The summed E-state index contributed by atoms with van der Waals surface area (Å²) in [4.78, 5) is 0. The molecule has 1 aliphatic carbocycles. The smallest absolute Gasteiger partial charge is 0.0158 e. The van der Waals surface area contributed by atoms with Gasteiger partial charge in [-0.25, -0.2) is 0 Å². The zero-order valence-corrected chi connectivity index (χ0v) is 6.11. The standard InChI is InChI=1S/C8H15N/c1-7(2)3-4-8(9)5-6-8/h1,3-6,9H2,2H3. The highest BCUT2D eigenvalue weighted by Gasteiger charge is 2.36. The minimum absolute atomic E-state index is 0.221. The van der Waals surface area contributed by atoms with Gasteiger partial charge in [0.25, 0.3) is 0 Å². The van der Waals surface area contributed by atoms with Gasteiger partial charge in [-0.2, -0.15) is 0 Å². The highest BCUT2D eigenvalue weighted by Crippen LogP contribution is 2.37. The molecule has 0 aromatic heterocycles. The molecule has 1 rings (SSSR count). The van der Waals surface area contributed by atoms with E-state index < -0.39 is 0 Å². The summed E-state index contributed by atoms with van der Waals surface area (Å²) in [5, 5.41) is 0. The van der Waals surface area contributed by atoms with Gasteiger partial charge in [0.1, 0.15) is 0 Å². The topological polar surface area (TPSA) is 26.0 Å². The van der Waals surface area contributed by atoms with Crippen molar-refractivity contribution < 1.29 is 0 Å². The molecule has 0 amide bonds. The van der Waals surface area contributed by atoms with Crippen LogP contribution in [0.15, 0.2) is 12.2 Å². The van der Waals surface area contributed by atoms with E-state index in [1.807, 2.05) is 0 Å². The predicted molar refractivity (Wildman–Crippen MR) is 40.2 cm³/mol. The predicted octanol–water partition coefficient (Wildman–Crippen LogP) is 1.83. The van der Waals surface area contributed by atoms with E-state index in [0.29, 0.717) is 0 Å². The Bertz CT molecular complexity index is 123. The molecule has 1 nitrogen and oxygen atoms in total. The lowest BCUT2D eigenvalue weighted by atomic mass is 10.1. The lowest BCUT2D eigenvalue weighted by molar-refractivity contribution is 0.607. The maximum Gasteiger partial charge on any atom is 0.0158 e. The normalized spacial score (nSPS) is 21.6. The highest BCUT2D eigenvalue weighted by molar-refractivity contribution is 5.02. The van der Waals surface area contributed by atoms with Gasteiger partial charge in [-0.3, -0.25) is 0 Å². The Kier molecular flexibility index (Phi) is 1.62. The summed E-state index contributed by atoms with van der Waals surface area (Å²) in [6, 6.07) is 0. The quantitative estimate of drug-likeness (QED) is 0.572. The van der Waals surface area contributed by atoms with Crippen LogP contribution in [0.4, 0.5) is 0 Å². The molecule has 1 heteroatoms. The fourth-order valence-corrected chi connectivity index (χ4v) is 0.873. The number of rotatable bonds is 3. The van der Waals surface area contributed by atoms with E-state index in [1.165, 1.54) is 18.4 Å². The Morgan fingerprint density at radius 1 is 1.67 bits per heavy atom. The second-order valence-corrected chi connectivity index (χ2v) is 3.32. The van der Waals surface area contributed by atoms with Crippen molar-refractivity contribution in [2.75, 3.05) is 0 Å². The fraction of sp³-hybridized carbons (Fsp3) is 0.750. The minimum atomic E-state index is 0.221. The van der Waals surface area contributed by atoms with E-state index in [9.17, 15) is 0 Å². The molecule has 0 aromatic rings. The second kappa shape index (κ2) is 2.14. The lowest BCUT2D eigenvalue weighted by Gasteiger charge is -2.06. The third-order valence-corrected chi connectivity index (χ3v) is 1.94. The largest absolute Gasteiger partial charge is 0.325 e. The number of nitrogens with two attached hydrogens (primary N) is 1. The molecule has 0 aliphatic heterocycles. The molecule has 0 heterocycles. The zero-order chi connectivity index (χ0) is 6.91. The summed E-state index contributed by atoms with van der Waals surface area (Å²) in [5.41, 5.74) is 7.33. The van der Waals surface area contributed by atoms with Crippen molar-refractivity contribution in [3.63, 3.8) is 0 Å². The minimum Gasteiger partial charge on any atom is -0.325 e. The summed E-state index contributed by atoms with van der Waals surface area (Å²) >= 11 is 0. The van der Waals surface area contributed by atoms with Gasteiger partial charge in [-0.1, -0.05) is 5.57 Å². The van der Waals surface area contributed by atoms with Crippen LogP contribution in [0.1, 0.15) is 32.6 Å². The van der Waals surface area contributed by atoms with Gasteiger partial charge in [0.2, 0.25) is 0 Å². The van der Waals surface area contributed by atoms with Crippen molar-refractivity contribution in [3.05, 3.63) is 12.2 Å². The first-order chi connectivity index (χ1) is 4.12. The number of hydrogen-bond acceptors (Lipinski definition) is 1. The van der Waals surface area contributed by atoms with Crippen molar-refractivity contribution >= 4 is 0 Å². The maximum absolute atomic E-state index is 5.85. The van der Waals surface area contributed by atoms with E-state index in [-0.39, 0.29) is 5.54 Å². The van der Waals surface area contributed by atoms with Gasteiger partial charge >= 0.3 is 0 Å². The van der Waals surface area contributed by atoms with Crippen LogP contribution in [-0.4, -0.2) is 5.54 Å². The molecule has 0 spiro atoms. The molecule has 0 bridgehead atoms. The molecule has 1 saturated carbocycles. The Balaban J connectivity index is 2.12. The van der Waals surface area contributed by atoms with Gasteiger partial charge in [0, 0.05) is 5.54 Å². The van der Waals surface area contributed by atoms with Crippen molar-refractivity contribution in [1.82, 2.24) is 0 Å². The highest BCUT2D eigenvalue weighted by atomic mass is 14.8. The number of allylic oxidation sites excluding steroid dienone is 1. The maximum atomic E-state index is 5.85. The molecule has 1 fully saturated rings. The molecule has 9 heavy (non-hydrogen) atoms. The van der Waals surface area contributed by atoms with E-state index in [0.717, 1.165) is 12.8 Å². The van der Waals surface area contributed by atoms with Gasteiger partial charge in [-0.15, -0.1) is 6.58 Å².